The van der Waals surface area contributed by atoms with Crippen molar-refractivity contribution in [1.29, 1.82) is 0 Å². The largest absolute Gasteiger partial charge is 0.414 e. The standard InChI is InChI=1S/C33H49N7O3Si.C26H36N6O2Si.C7H14ClNO/c1-23-11-12-24-27(19-23)40(14-10-13-39-15-17-42-18-16-39)37-28(24)26-20-34-30-29(35-26)25(21-38(30)7)31(41)36-33(5,6)22-43-44(8,9)32(2,3)4;1-16-10-11-17-19(12-16)30-31-21(17)20-13-27-23-22(28-20)18(14-32(23)7)24(33)29-26(5,6)15-34-35(8,9)25(2,3)4;8-2-1-3-9-4-6-10-7-5-9/h11-12,19-21H,10,13-18,22H2,1-9H3,(H,36,41);10-14H,15H2,1-9H3,(H,29,33)(H,30,31);1-7H2. The first-order valence-electron chi connectivity index (χ1n) is 31.4. The minimum atomic E-state index is -1.97. The van der Waals surface area contributed by atoms with Crippen LogP contribution in [0.5, 0.6) is 0 Å². The SMILES string of the molecule is Cc1ccc2c(-c3cnc4c(n3)c(C(=O)NC(C)(C)CO[Si](C)(C)C(C)(C)C)cn4C)n[nH]c2c1.Cc1ccc2c(-c3cnc4c(n3)c(C(=O)NC(C)(C)CO[Si](C)(C)C(C)(C)C)cn4C)nn(CCCN3CCOCC3)c2c1.ClCCCN1CCOCC1. The van der Waals surface area contributed by atoms with E-state index in [1.807, 2.05) is 76.0 Å². The van der Waals surface area contributed by atoms with Crippen molar-refractivity contribution < 1.29 is 27.9 Å². The van der Waals surface area contributed by atoms with E-state index in [2.05, 4.69) is 133 Å². The van der Waals surface area contributed by atoms with Gasteiger partial charge >= 0.3 is 0 Å². The van der Waals surface area contributed by atoms with E-state index in [9.17, 15) is 9.59 Å². The van der Waals surface area contributed by atoms with Crippen molar-refractivity contribution in [3.8, 4) is 22.8 Å². The highest BCUT2D eigenvalue weighted by molar-refractivity contribution is 6.74. The zero-order valence-electron chi connectivity index (χ0n) is 56.3. The number of H-pyrrole nitrogens is 1. The van der Waals surface area contributed by atoms with E-state index in [1.165, 1.54) is 5.56 Å². The van der Waals surface area contributed by atoms with Crippen LogP contribution in [0.1, 0.15) is 114 Å². The van der Waals surface area contributed by atoms with Gasteiger partial charge in [0.25, 0.3) is 11.8 Å². The summed E-state index contributed by atoms with van der Waals surface area (Å²) in [4.78, 5) is 51.1. The molecule has 0 saturated carbocycles. The van der Waals surface area contributed by atoms with E-state index in [1.54, 1.807) is 24.8 Å². The van der Waals surface area contributed by atoms with Crippen molar-refractivity contribution in [1.82, 2.24) is 69.5 Å². The lowest BCUT2D eigenvalue weighted by atomic mass is 10.1. The van der Waals surface area contributed by atoms with Crippen LogP contribution in [-0.4, -0.2) is 183 Å². The molecule has 8 aromatic rings. The Kier molecular flexibility index (Phi) is 21.9. The normalized spacial score (nSPS) is 15.1. The molecule has 0 spiro atoms. The van der Waals surface area contributed by atoms with Gasteiger partial charge in [0.1, 0.15) is 33.8 Å². The topological polar surface area (TPSA) is 210 Å². The van der Waals surface area contributed by atoms with Crippen LogP contribution in [0.3, 0.4) is 0 Å². The Labute approximate surface area is 533 Å². The third kappa shape index (κ3) is 17.2. The fourth-order valence-corrected chi connectivity index (χ4v) is 12.6. The van der Waals surface area contributed by atoms with Crippen LogP contribution in [0.15, 0.2) is 61.2 Å². The number of morpholine rings is 2. The Bertz CT molecular complexity index is 3730. The molecule has 89 heavy (non-hydrogen) atoms. The highest BCUT2D eigenvalue weighted by Gasteiger charge is 2.40. The maximum absolute atomic E-state index is 13.7. The van der Waals surface area contributed by atoms with E-state index in [4.69, 9.17) is 50.0 Å². The van der Waals surface area contributed by atoms with Crippen LogP contribution < -0.4 is 10.6 Å². The second-order valence-electron chi connectivity index (χ2n) is 28.5. The Hall–Kier alpha value is -5.96. The van der Waals surface area contributed by atoms with Crippen LogP contribution in [-0.2, 0) is 39.0 Å². The number of aryl methyl sites for hydroxylation is 5. The number of halogens is 1. The summed E-state index contributed by atoms with van der Waals surface area (Å²) in [6.07, 6.45) is 9.15. The van der Waals surface area contributed by atoms with Gasteiger partial charge in [-0.15, -0.1) is 11.6 Å². The van der Waals surface area contributed by atoms with Gasteiger partial charge in [0.05, 0.1) is 85.3 Å². The van der Waals surface area contributed by atoms with Gasteiger partial charge in [-0.25, -0.2) is 19.9 Å². The molecule has 2 aliphatic heterocycles. The van der Waals surface area contributed by atoms with Gasteiger partial charge in [0, 0.05) is 82.4 Å². The molecule has 2 saturated heterocycles. The lowest BCUT2D eigenvalue weighted by molar-refractivity contribution is 0.0368. The summed E-state index contributed by atoms with van der Waals surface area (Å²) in [5.41, 5.74) is 9.38. The summed E-state index contributed by atoms with van der Waals surface area (Å²) in [6.45, 7) is 45.6. The molecular formula is C66H99ClN14O6Si2. The summed E-state index contributed by atoms with van der Waals surface area (Å²) < 4.78 is 29.3. The summed E-state index contributed by atoms with van der Waals surface area (Å²) in [6, 6.07) is 12.5. The predicted molar refractivity (Wildman–Crippen MR) is 364 cm³/mol. The number of carbonyl (C=O) groups excluding carboxylic acids is 2. The molecule has 23 heteroatoms. The van der Waals surface area contributed by atoms with E-state index >= 15 is 0 Å². The van der Waals surface area contributed by atoms with Gasteiger partial charge in [-0.1, -0.05) is 65.8 Å². The van der Waals surface area contributed by atoms with E-state index in [0.29, 0.717) is 63.8 Å². The molecule has 8 heterocycles. The number of ether oxygens (including phenoxy) is 2. The number of nitrogens with zero attached hydrogens (tertiary/aromatic N) is 11. The van der Waals surface area contributed by atoms with Gasteiger partial charge in [-0.2, -0.15) is 10.2 Å². The molecule has 2 aromatic carbocycles. The number of amides is 2. The maximum Gasteiger partial charge on any atom is 0.255 e. The second-order valence-corrected chi connectivity index (χ2v) is 38.5. The van der Waals surface area contributed by atoms with Crippen LogP contribution in [0.4, 0.5) is 0 Å². The molecule has 484 valence electrons. The van der Waals surface area contributed by atoms with E-state index < -0.39 is 27.7 Å². The van der Waals surface area contributed by atoms with Gasteiger partial charge < -0.3 is 38.1 Å². The average Bonchev–Trinajstić information content (AvgIpc) is 1.70. The maximum atomic E-state index is 13.7. The van der Waals surface area contributed by atoms with Crippen molar-refractivity contribution in [2.45, 2.75) is 150 Å². The van der Waals surface area contributed by atoms with Crippen molar-refractivity contribution >= 4 is 84.2 Å². The summed E-state index contributed by atoms with van der Waals surface area (Å²) >= 11 is 5.56. The number of alkyl halides is 1. The van der Waals surface area contributed by atoms with Crippen molar-refractivity contribution in [3.05, 3.63) is 83.4 Å². The van der Waals surface area contributed by atoms with E-state index in [-0.39, 0.29) is 21.9 Å². The summed E-state index contributed by atoms with van der Waals surface area (Å²) in [5.74, 6) is 0.380. The van der Waals surface area contributed by atoms with Gasteiger partial charge in [-0.3, -0.25) is 29.2 Å². The number of benzene rings is 2. The van der Waals surface area contributed by atoms with Crippen LogP contribution >= 0.6 is 11.6 Å². The molecule has 0 radical (unpaired) electrons. The van der Waals surface area contributed by atoms with Gasteiger partial charge in [0.15, 0.2) is 27.9 Å². The van der Waals surface area contributed by atoms with Crippen LogP contribution in [0, 0.1) is 13.8 Å². The molecule has 20 nitrogen and oxygen atoms in total. The average molecular weight is 1280 g/mol. The molecule has 2 fully saturated rings. The van der Waals surface area contributed by atoms with E-state index in [0.717, 1.165) is 124 Å². The van der Waals surface area contributed by atoms with Gasteiger partial charge in [-0.05, 0) is 120 Å². The molecule has 0 aliphatic carbocycles. The lowest BCUT2D eigenvalue weighted by Crippen LogP contribution is -2.51. The van der Waals surface area contributed by atoms with Crippen LogP contribution in [0.25, 0.3) is 66.9 Å². The van der Waals surface area contributed by atoms with Crippen LogP contribution in [0.2, 0.25) is 36.3 Å². The first kappa shape index (κ1) is 68.9. The molecule has 2 amide bonds. The molecule has 0 atom stereocenters. The molecule has 3 N–H and O–H groups in total. The minimum absolute atomic E-state index is 0.0906. The molecule has 6 aromatic heterocycles. The number of fused-ring (bicyclic) bond motifs is 4. The third-order valence-electron chi connectivity index (χ3n) is 17.7. The smallest absolute Gasteiger partial charge is 0.255 e. The highest BCUT2D eigenvalue weighted by Crippen LogP contribution is 2.39. The number of hydrogen-bond donors (Lipinski definition) is 3. The minimum Gasteiger partial charge on any atom is -0.414 e. The lowest BCUT2D eigenvalue weighted by Gasteiger charge is -2.39. The summed E-state index contributed by atoms with van der Waals surface area (Å²) in [5, 5.41) is 21.1. The number of rotatable bonds is 19. The molecule has 10 rings (SSSR count). The fourth-order valence-electron chi connectivity index (χ4n) is 10.2. The summed E-state index contributed by atoms with van der Waals surface area (Å²) in [7, 11) is -0.146. The first-order valence-corrected chi connectivity index (χ1v) is 37.8. The number of aromatic nitrogens is 10. The molecule has 2 aliphatic rings. The monoisotopic (exact) mass is 1270 g/mol. The Balaban J connectivity index is 0.000000202. The zero-order valence-corrected chi connectivity index (χ0v) is 59.1. The molecule has 0 bridgehead atoms. The van der Waals surface area contributed by atoms with Gasteiger partial charge in [0.2, 0.25) is 0 Å². The first-order chi connectivity index (χ1) is 41.8. The van der Waals surface area contributed by atoms with Crippen molar-refractivity contribution in [2.75, 3.05) is 84.8 Å². The third-order valence-corrected chi connectivity index (χ3v) is 26.9. The predicted octanol–water partition coefficient (Wildman–Crippen LogP) is 11.8. The highest BCUT2D eigenvalue weighted by atomic mass is 35.5. The Morgan fingerprint density at radius 2 is 1.08 bits per heavy atom. The zero-order chi connectivity index (χ0) is 64.9. The number of hydrogen-bond acceptors (Lipinski definition) is 14. The molecular weight excluding hydrogens is 1180 g/mol. The number of carbonyl (C=O) groups is 2. The number of nitrogens with one attached hydrogen (secondary N) is 3. The quantitative estimate of drug-likeness (QED) is 0.0508. The Morgan fingerprint density at radius 3 is 1.55 bits per heavy atom. The van der Waals surface area contributed by atoms with Crippen molar-refractivity contribution in [3.63, 3.8) is 0 Å². The number of aromatic amines is 1. The molecule has 0 unspecified atom stereocenters. The second kappa shape index (κ2) is 28.3. The fraction of sp³-hybridized carbons (Fsp3) is 0.576. The Morgan fingerprint density at radius 1 is 0.629 bits per heavy atom. The van der Waals surface area contributed by atoms with Crippen molar-refractivity contribution in [2.24, 2.45) is 14.1 Å².